The minimum atomic E-state index is -0.403. The van der Waals surface area contributed by atoms with Crippen LogP contribution in [0.4, 0.5) is 9.18 Å². The first-order chi connectivity index (χ1) is 10.0. The van der Waals surface area contributed by atoms with Gasteiger partial charge in [-0.25, -0.2) is 9.18 Å². The van der Waals surface area contributed by atoms with Crippen LogP contribution < -0.4 is 5.32 Å². The van der Waals surface area contributed by atoms with Crippen molar-refractivity contribution in [3.63, 3.8) is 0 Å². The molecule has 1 aliphatic rings. The molecule has 1 aliphatic heterocycles. The number of carbonyl (C=O) groups excluding carboxylic acids is 1. The van der Waals surface area contributed by atoms with Gasteiger partial charge in [-0.05, 0) is 30.9 Å². The maximum Gasteiger partial charge on any atom is 0.317 e. The van der Waals surface area contributed by atoms with Gasteiger partial charge in [-0.1, -0.05) is 6.92 Å². The van der Waals surface area contributed by atoms with Crippen LogP contribution in [0.3, 0.4) is 0 Å². The summed E-state index contributed by atoms with van der Waals surface area (Å²) in [6.45, 7) is 5.23. The van der Waals surface area contributed by atoms with Crippen molar-refractivity contribution in [1.82, 2.24) is 15.2 Å². The van der Waals surface area contributed by atoms with E-state index in [4.69, 9.17) is 4.74 Å². The van der Waals surface area contributed by atoms with Crippen LogP contribution in [0.1, 0.15) is 31.9 Å². The molecule has 3 unspecified atom stereocenters. The smallest absolute Gasteiger partial charge is 0.317 e. The molecule has 2 rings (SSSR count). The van der Waals surface area contributed by atoms with Crippen molar-refractivity contribution >= 4 is 6.03 Å². The molecule has 6 heteroatoms. The number of carbonyl (C=O) groups is 1. The van der Waals surface area contributed by atoms with E-state index in [-0.39, 0.29) is 18.2 Å². The van der Waals surface area contributed by atoms with Crippen LogP contribution in [0.25, 0.3) is 0 Å². The number of urea groups is 1. The summed E-state index contributed by atoms with van der Waals surface area (Å²) in [6, 6.07) is 0.940. The van der Waals surface area contributed by atoms with Crippen LogP contribution in [0.15, 0.2) is 18.5 Å². The minimum Gasteiger partial charge on any atom is -0.379 e. The van der Waals surface area contributed by atoms with E-state index < -0.39 is 5.82 Å². The number of methoxy groups -OCH3 is 1. The maximum atomic E-state index is 13.2. The molecule has 21 heavy (non-hydrogen) atoms. The highest BCUT2D eigenvalue weighted by molar-refractivity contribution is 5.74. The quantitative estimate of drug-likeness (QED) is 0.931. The Balaban J connectivity index is 1.95. The van der Waals surface area contributed by atoms with Gasteiger partial charge in [0.1, 0.15) is 5.82 Å². The van der Waals surface area contributed by atoms with E-state index in [1.54, 1.807) is 18.2 Å². The van der Waals surface area contributed by atoms with E-state index >= 15 is 0 Å². The Labute approximate surface area is 124 Å². The second-order valence-electron chi connectivity index (χ2n) is 5.59. The number of nitrogens with one attached hydrogen (secondary N) is 1. The number of pyridine rings is 1. The molecule has 0 spiro atoms. The summed E-state index contributed by atoms with van der Waals surface area (Å²) < 4.78 is 18.6. The lowest BCUT2D eigenvalue weighted by Crippen LogP contribution is -2.50. The highest BCUT2D eigenvalue weighted by atomic mass is 19.1. The molecule has 1 aromatic heterocycles. The fourth-order valence-corrected chi connectivity index (χ4v) is 2.55. The Bertz CT molecular complexity index is 498. The van der Waals surface area contributed by atoms with E-state index in [0.717, 1.165) is 12.6 Å². The van der Waals surface area contributed by atoms with Gasteiger partial charge >= 0.3 is 6.03 Å². The Hall–Kier alpha value is -1.69. The molecule has 2 amide bonds. The van der Waals surface area contributed by atoms with Crippen molar-refractivity contribution in [3.8, 4) is 0 Å². The zero-order valence-corrected chi connectivity index (χ0v) is 12.7. The third-order valence-corrected chi connectivity index (χ3v) is 4.05. The normalized spacial score (nSPS) is 23.7. The summed E-state index contributed by atoms with van der Waals surface area (Å²) in [4.78, 5) is 17.8. The van der Waals surface area contributed by atoms with Gasteiger partial charge in [0.15, 0.2) is 0 Å². The average Bonchev–Trinajstić information content (AvgIpc) is 2.47. The maximum absolute atomic E-state index is 13.2. The minimum absolute atomic E-state index is 0.0654. The van der Waals surface area contributed by atoms with E-state index in [1.165, 1.54) is 6.07 Å². The van der Waals surface area contributed by atoms with Crippen LogP contribution in [-0.4, -0.2) is 42.2 Å². The lowest BCUT2D eigenvalue weighted by Gasteiger charge is -2.36. The van der Waals surface area contributed by atoms with Gasteiger partial charge in [-0.2, -0.15) is 0 Å². The zero-order valence-electron chi connectivity index (χ0n) is 12.7. The van der Waals surface area contributed by atoms with Crippen LogP contribution >= 0.6 is 0 Å². The van der Waals surface area contributed by atoms with Crippen molar-refractivity contribution in [1.29, 1.82) is 0 Å². The van der Waals surface area contributed by atoms with Crippen molar-refractivity contribution in [3.05, 3.63) is 29.8 Å². The standard InChI is InChI=1S/C15H22FN3O2/c1-10-4-5-19(9-14(10)21-3)15(20)18-11(2)12-6-13(16)8-17-7-12/h6-8,10-11,14H,4-5,9H2,1-3H3,(H,18,20). The van der Waals surface area contributed by atoms with Gasteiger partial charge in [-0.15, -0.1) is 0 Å². The summed E-state index contributed by atoms with van der Waals surface area (Å²) >= 11 is 0. The topological polar surface area (TPSA) is 54.5 Å². The third kappa shape index (κ3) is 3.91. The SMILES string of the molecule is COC1CN(C(=O)NC(C)c2cncc(F)c2)CCC1C. The Morgan fingerprint density at radius 3 is 3.00 bits per heavy atom. The molecule has 3 atom stereocenters. The first-order valence-corrected chi connectivity index (χ1v) is 7.20. The van der Waals surface area contributed by atoms with E-state index in [9.17, 15) is 9.18 Å². The molecular formula is C15H22FN3O2. The number of halogens is 1. The molecule has 0 saturated carbocycles. The van der Waals surface area contributed by atoms with Gasteiger partial charge in [0.2, 0.25) is 0 Å². The lowest BCUT2D eigenvalue weighted by atomic mass is 9.96. The second kappa shape index (κ2) is 6.85. The average molecular weight is 295 g/mol. The molecule has 2 heterocycles. The number of hydrogen-bond acceptors (Lipinski definition) is 3. The van der Waals surface area contributed by atoms with E-state index in [1.807, 2.05) is 6.92 Å². The van der Waals surface area contributed by atoms with Crippen LogP contribution in [-0.2, 0) is 4.74 Å². The number of piperidine rings is 1. The fourth-order valence-electron chi connectivity index (χ4n) is 2.55. The molecular weight excluding hydrogens is 273 g/mol. The van der Waals surface area contributed by atoms with Crippen LogP contribution in [0.5, 0.6) is 0 Å². The summed E-state index contributed by atoms with van der Waals surface area (Å²) in [6.07, 6.45) is 3.69. The second-order valence-corrected chi connectivity index (χ2v) is 5.59. The zero-order chi connectivity index (χ0) is 15.4. The Kier molecular flexibility index (Phi) is 5.12. The summed E-state index contributed by atoms with van der Waals surface area (Å²) in [5, 5.41) is 2.88. The van der Waals surface area contributed by atoms with Gasteiger partial charge in [0.05, 0.1) is 18.3 Å². The number of hydrogen-bond donors (Lipinski definition) is 1. The lowest BCUT2D eigenvalue weighted by molar-refractivity contribution is 0.00689. The predicted molar refractivity (Wildman–Crippen MR) is 77.3 cm³/mol. The monoisotopic (exact) mass is 295 g/mol. The Morgan fingerprint density at radius 1 is 1.57 bits per heavy atom. The number of amides is 2. The van der Waals surface area contributed by atoms with Crippen molar-refractivity contribution in [2.75, 3.05) is 20.2 Å². The molecule has 0 aliphatic carbocycles. The summed E-state index contributed by atoms with van der Waals surface area (Å²) in [5.41, 5.74) is 0.650. The van der Waals surface area contributed by atoms with E-state index in [0.29, 0.717) is 24.6 Å². The molecule has 0 bridgehead atoms. The molecule has 1 N–H and O–H groups in total. The molecule has 1 aromatic rings. The van der Waals surface area contributed by atoms with Gasteiger partial charge < -0.3 is 15.0 Å². The third-order valence-electron chi connectivity index (χ3n) is 4.05. The van der Waals surface area contributed by atoms with Gasteiger partial charge in [-0.3, -0.25) is 4.98 Å². The van der Waals surface area contributed by atoms with Crippen molar-refractivity contribution < 1.29 is 13.9 Å². The molecule has 5 nitrogen and oxygen atoms in total. The van der Waals surface area contributed by atoms with Crippen LogP contribution in [0, 0.1) is 11.7 Å². The number of rotatable bonds is 3. The first-order valence-electron chi connectivity index (χ1n) is 7.20. The largest absolute Gasteiger partial charge is 0.379 e. The first kappa shape index (κ1) is 15.7. The molecule has 0 aromatic carbocycles. The predicted octanol–water partition coefficient (Wildman–Crippen LogP) is 2.35. The fraction of sp³-hybridized carbons (Fsp3) is 0.600. The van der Waals surface area contributed by atoms with Crippen molar-refractivity contribution in [2.24, 2.45) is 5.92 Å². The molecule has 1 fully saturated rings. The van der Waals surface area contributed by atoms with Gasteiger partial charge in [0.25, 0.3) is 0 Å². The number of ether oxygens (including phenoxy) is 1. The Morgan fingerprint density at radius 2 is 2.33 bits per heavy atom. The summed E-state index contributed by atoms with van der Waals surface area (Å²) in [5.74, 6) is 0.0451. The van der Waals surface area contributed by atoms with E-state index in [2.05, 4.69) is 17.2 Å². The van der Waals surface area contributed by atoms with Crippen molar-refractivity contribution in [2.45, 2.75) is 32.4 Å². The number of aromatic nitrogens is 1. The highest BCUT2D eigenvalue weighted by Crippen LogP contribution is 2.20. The molecule has 1 saturated heterocycles. The molecule has 0 radical (unpaired) electrons. The van der Waals surface area contributed by atoms with Gasteiger partial charge in [0, 0.05) is 26.4 Å². The molecule has 116 valence electrons. The highest BCUT2D eigenvalue weighted by Gasteiger charge is 2.29. The number of likely N-dealkylation sites (tertiary alicyclic amines) is 1. The summed E-state index contributed by atoms with van der Waals surface area (Å²) in [7, 11) is 1.67. The number of nitrogens with zero attached hydrogens (tertiary/aromatic N) is 2. The van der Waals surface area contributed by atoms with Crippen LogP contribution in [0.2, 0.25) is 0 Å².